The summed E-state index contributed by atoms with van der Waals surface area (Å²) < 4.78 is 0. The van der Waals surface area contributed by atoms with E-state index in [0.717, 1.165) is 44.4 Å². The van der Waals surface area contributed by atoms with Crippen molar-refractivity contribution in [2.75, 3.05) is 0 Å². The number of nitrogens with zero attached hydrogens (tertiary/aromatic N) is 4. The molecule has 1 heterocycles. The third-order valence-corrected chi connectivity index (χ3v) is 9.03. The fourth-order valence-electron chi connectivity index (χ4n) is 7.09. The fourth-order valence-corrected chi connectivity index (χ4v) is 7.25. The zero-order valence-electron chi connectivity index (χ0n) is 22.7. The van der Waals surface area contributed by atoms with Crippen LogP contribution in [0.5, 0.6) is 0 Å². The summed E-state index contributed by atoms with van der Waals surface area (Å²) in [5.41, 5.74) is 2.32. The Hall–Kier alpha value is -5.42. The smallest absolute Gasteiger partial charge is 0.272 e. The molecule has 0 radical (unpaired) electrons. The minimum Gasteiger partial charge on any atom is -0.272 e. The van der Waals surface area contributed by atoms with Gasteiger partial charge in [-0.3, -0.25) is 34.6 Å². The summed E-state index contributed by atoms with van der Waals surface area (Å²) in [4.78, 5) is 65.5. The summed E-state index contributed by atoms with van der Waals surface area (Å²) in [6, 6.07) is 24.2. The van der Waals surface area contributed by atoms with Crippen molar-refractivity contribution >= 4 is 40.7 Å². The topological polar surface area (TPSA) is 144 Å². The lowest BCUT2D eigenvalue weighted by Crippen LogP contribution is -2.50. The average Bonchev–Trinajstić information content (AvgIpc) is 3.29. The van der Waals surface area contributed by atoms with Gasteiger partial charge < -0.3 is 0 Å². The number of hydrogen-bond acceptors (Lipinski definition) is 7. The van der Waals surface area contributed by atoms with Gasteiger partial charge in [-0.2, -0.15) is 5.01 Å². The van der Waals surface area contributed by atoms with Crippen LogP contribution in [0.2, 0.25) is 5.02 Å². The van der Waals surface area contributed by atoms with Crippen molar-refractivity contribution in [3.05, 3.63) is 150 Å². The Balaban J connectivity index is 1.39. The van der Waals surface area contributed by atoms with Gasteiger partial charge in [0.2, 0.25) is 0 Å². The number of benzene rings is 4. The first kappa shape index (κ1) is 27.4. The van der Waals surface area contributed by atoms with Gasteiger partial charge in [-0.05, 0) is 40.5 Å². The third kappa shape index (κ3) is 3.93. The molecule has 0 unspecified atom stereocenters. The maximum absolute atomic E-state index is 14.4. The molecule has 218 valence electrons. The number of halogens is 1. The molecular formula is C32H21ClN4O7. The van der Waals surface area contributed by atoms with Gasteiger partial charge in [0.15, 0.2) is 0 Å². The lowest BCUT2D eigenvalue weighted by Gasteiger charge is -2.45. The summed E-state index contributed by atoms with van der Waals surface area (Å²) in [7, 11) is 0. The summed E-state index contributed by atoms with van der Waals surface area (Å²) in [6.45, 7) is -0.593. The fraction of sp³-hybridized carbons (Fsp3) is 0.156. The average molecular weight is 609 g/mol. The molecule has 0 N–H and O–H groups in total. The lowest BCUT2D eigenvalue weighted by atomic mass is 9.55. The molecule has 4 aromatic carbocycles. The Morgan fingerprint density at radius 1 is 0.727 bits per heavy atom. The van der Waals surface area contributed by atoms with E-state index in [-0.39, 0.29) is 16.1 Å². The number of imide groups is 1. The van der Waals surface area contributed by atoms with Crippen molar-refractivity contribution < 1.29 is 24.2 Å². The van der Waals surface area contributed by atoms with E-state index in [0.29, 0.717) is 0 Å². The van der Waals surface area contributed by atoms with Crippen LogP contribution < -0.4 is 0 Å². The van der Waals surface area contributed by atoms with E-state index >= 15 is 0 Å². The second-order valence-corrected chi connectivity index (χ2v) is 11.4. The van der Waals surface area contributed by atoms with E-state index in [2.05, 4.69) is 0 Å². The third-order valence-electron chi connectivity index (χ3n) is 8.80. The molecule has 0 spiro atoms. The molecule has 0 aromatic heterocycles. The molecule has 44 heavy (non-hydrogen) atoms. The molecule has 2 bridgehead atoms. The van der Waals surface area contributed by atoms with E-state index in [1.165, 1.54) is 30.3 Å². The van der Waals surface area contributed by atoms with Gasteiger partial charge in [-0.1, -0.05) is 72.3 Å². The van der Waals surface area contributed by atoms with Crippen molar-refractivity contribution in [2.24, 2.45) is 11.8 Å². The largest absolute Gasteiger partial charge is 0.282 e. The van der Waals surface area contributed by atoms with Gasteiger partial charge >= 0.3 is 0 Å². The van der Waals surface area contributed by atoms with Crippen molar-refractivity contribution in [1.82, 2.24) is 10.0 Å². The number of para-hydroxylation sites is 1. The zero-order valence-corrected chi connectivity index (χ0v) is 23.5. The molecule has 11 nitrogen and oxygen atoms in total. The van der Waals surface area contributed by atoms with Crippen LogP contribution >= 0.6 is 11.6 Å². The van der Waals surface area contributed by atoms with Gasteiger partial charge in [0.05, 0.1) is 33.8 Å². The molecule has 4 aliphatic rings. The summed E-state index contributed by atoms with van der Waals surface area (Å²) in [5.74, 6) is -4.95. The van der Waals surface area contributed by atoms with Crippen LogP contribution in [0, 0.1) is 32.1 Å². The highest BCUT2D eigenvalue weighted by Gasteiger charge is 2.63. The maximum atomic E-state index is 14.4. The van der Waals surface area contributed by atoms with Crippen molar-refractivity contribution in [2.45, 2.75) is 18.4 Å². The second kappa shape index (κ2) is 10.1. The molecule has 1 fully saturated rings. The van der Waals surface area contributed by atoms with Gasteiger partial charge in [-0.15, -0.1) is 0 Å². The summed E-state index contributed by atoms with van der Waals surface area (Å²) >= 11 is 6.02. The Labute approximate surface area is 254 Å². The van der Waals surface area contributed by atoms with Gasteiger partial charge in [-0.25, -0.2) is 5.01 Å². The van der Waals surface area contributed by atoms with E-state index in [1.807, 2.05) is 48.5 Å². The first-order valence-corrected chi connectivity index (χ1v) is 14.1. The zero-order chi connectivity index (χ0) is 30.9. The highest BCUT2D eigenvalue weighted by atomic mass is 35.5. The number of hydrazine groups is 1. The number of rotatable bonds is 6. The highest BCUT2D eigenvalue weighted by molar-refractivity contribution is 6.30. The molecular weight excluding hydrogens is 588 g/mol. The van der Waals surface area contributed by atoms with E-state index in [4.69, 9.17) is 11.6 Å². The Kier molecular flexibility index (Phi) is 6.29. The van der Waals surface area contributed by atoms with Crippen molar-refractivity contribution in [3.8, 4) is 0 Å². The quantitative estimate of drug-likeness (QED) is 0.157. The predicted octanol–water partition coefficient (Wildman–Crippen LogP) is 5.61. The van der Waals surface area contributed by atoms with Crippen LogP contribution in [0.25, 0.3) is 0 Å². The Morgan fingerprint density at radius 3 is 1.70 bits per heavy atom. The van der Waals surface area contributed by atoms with Gasteiger partial charge in [0.25, 0.3) is 29.1 Å². The van der Waals surface area contributed by atoms with Crippen LogP contribution in [-0.4, -0.2) is 37.6 Å². The summed E-state index contributed by atoms with van der Waals surface area (Å²) in [6.07, 6.45) is 0. The summed E-state index contributed by atoms with van der Waals surface area (Å²) in [5, 5.41) is 25.4. The van der Waals surface area contributed by atoms with Crippen LogP contribution in [0.1, 0.15) is 50.0 Å². The van der Waals surface area contributed by atoms with E-state index in [9.17, 15) is 34.6 Å². The standard InChI is InChI=1S/C32H21ClN4O7/c33-18-14-13-17(25(15-18)37(43)44)16-34(30(38)23-11-5-6-12-24(23)36(41)42)35-31(39)28-26-19-7-1-2-8-20(19)27(29(28)32(35)40)22-10-4-3-9-21(22)26/h1-15,26-29H,16H2/t26?,27?,28-,29-/m0/s1. The van der Waals surface area contributed by atoms with Crippen LogP contribution in [0.3, 0.4) is 0 Å². The predicted molar refractivity (Wildman–Crippen MR) is 156 cm³/mol. The van der Waals surface area contributed by atoms with E-state index in [1.54, 1.807) is 0 Å². The lowest BCUT2D eigenvalue weighted by molar-refractivity contribution is -0.385. The van der Waals surface area contributed by atoms with Crippen LogP contribution in [0.4, 0.5) is 11.4 Å². The molecule has 2 atom stereocenters. The molecule has 0 saturated carbocycles. The molecule has 3 amide bonds. The first-order chi connectivity index (χ1) is 21.2. The SMILES string of the molecule is O=C(c1ccccc1[N+](=O)[O-])N(Cc1ccc(Cl)cc1[N+](=O)[O-])N1C(=O)[C@H]2C3c4ccccc4C(c4ccccc43)[C@@H]2C1=O. The normalized spacial score (nSPS) is 21.0. The number of carbonyl (C=O) groups excluding carboxylic acids is 3. The molecule has 3 aliphatic carbocycles. The molecule has 1 aliphatic heterocycles. The van der Waals surface area contributed by atoms with Crippen molar-refractivity contribution in [3.63, 3.8) is 0 Å². The Morgan fingerprint density at radius 2 is 1.20 bits per heavy atom. The number of hydrogen-bond donors (Lipinski definition) is 0. The highest BCUT2D eigenvalue weighted by Crippen LogP contribution is 2.61. The minimum atomic E-state index is -1.02. The number of nitro benzene ring substituents is 2. The Bertz CT molecular complexity index is 1830. The molecule has 8 rings (SSSR count). The van der Waals surface area contributed by atoms with Crippen LogP contribution in [0.15, 0.2) is 91.0 Å². The maximum Gasteiger partial charge on any atom is 0.282 e. The second-order valence-electron chi connectivity index (χ2n) is 10.9. The number of amides is 3. The number of nitro groups is 2. The molecule has 12 heteroatoms. The van der Waals surface area contributed by atoms with E-state index < -0.39 is 69.2 Å². The van der Waals surface area contributed by atoms with Crippen LogP contribution in [-0.2, 0) is 16.1 Å². The minimum absolute atomic E-state index is 0.0173. The number of carbonyl (C=O) groups is 3. The first-order valence-electron chi connectivity index (χ1n) is 13.7. The van der Waals surface area contributed by atoms with Gasteiger partial charge in [0, 0.05) is 29.0 Å². The molecule has 4 aromatic rings. The monoisotopic (exact) mass is 608 g/mol. The molecule has 1 saturated heterocycles. The van der Waals surface area contributed by atoms with Crippen molar-refractivity contribution in [1.29, 1.82) is 0 Å². The van der Waals surface area contributed by atoms with Gasteiger partial charge in [0.1, 0.15) is 5.56 Å².